The molecule has 0 saturated carbocycles. The van der Waals surface area contributed by atoms with E-state index >= 15 is 0 Å². The van der Waals surface area contributed by atoms with E-state index in [1.54, 1.807) is 24.3 Å². The molecule has 0 aliphatic carbocycles. The maximum atomic E-state index is 14.8. The third-order valence-electron chi connectivity index (χ3n) is 5.01. The minimum Gasteiger partial charge on any atom is -0.493 e. The SMILES string of the molecule is COc1cc2c(=O)n(-c3ccccc3F)c(SCc3ccc(Cl)cc3)nc2c(OC)c1OC. The fourth-order valence-electron chi connectivity index (χ4n) is 3.44. The van der Waals surface area contributed by atoms with Crippen molar-refractivity contribution in [3.05, 3.63) is 81.4 Å². The third-order valence-corrected chi connectivity index (χ3v) is 6.27. The summed E-state index contributed by atoms with van der Waals surface area (Å²) in [4.78, 5) is 18.4. The highest BCUT2D eigenvalue weighted by atomic mass is 35.5. The van der Waals surface area contributed by atoms with Gasteiger partial charge in [-0.05, 0) is 35.9 Å². The molecule has 4 rings (SSSR count). The van der Waals surface area contributed by atoms with Gasteiger partial charge >= 0.3 is 0 Å². The molecule has 0 fully saturated rings. The summed E-state index contributed by atoms with van der Waals surface area (Å²) in [7, 11) is 4.40. The smallest absolute Gasteiger partial charge is 0.267 e. The average molecular weight is 487 g/mol. The Morgan fingerprint density at radius 2 is 1.70 bits per heavy atom. The molecule has 0 radical (unpaired) electrons. The number of hydrogen-bond acceptors (Lipinski definition) is 6. The van der Waals surface area contributed by atoms with Gasteiger partial charge in [0.25, 0.3) is 5.56 Å². The maximum absolute atomic E-state index is 14.8. The van der Waals surface area contributed by atoms with Crippen molar-refractivity contribution in [2.75, 3.05) is 21.3 Å². The van der Waals surface area contributed by atoms with Crippen LogP contribution in [-0.4, -0.2) is 30.9 Å². The standard InChI is InChI=1S/C24H20ClFN2O4S/c1-30-19-12-16-20(22(32-3)21(19)31-2)27-24(33-13-14-8-10-15(25)11-9-14)28(23(16)29)18-7-5-4-6-17(18)26/h4-12H,13H2,1-3H3. The van der Waals surface area contributed by atoms with Gasteiger partial charge in [0.05, 0.1) is 32.4 Å². The lowest BCUT2D eigenvalue weighted by atomic mass is 10.2. The largest absolute Gasteiger partial charge is 0.493 e. The van der Waals surface area contributed by atoms with Crippen LogP contribution in [0.4, 0.5) is 4.39 Å². The van der Waals surface area contributed by atoms with Gasteiger partial charge in [-0.1, -0.05) is 47.6 Å². The van der Waals surface area contributed by atoms with E-state index in [2.05, 4.69) is 0 Å². The Balaban J connectivity index is 1.98. The van der Waals surface area contributed by atoms with Gasteiger partial charge in [0.2, 0.25) is 5.75 Å². The normalized spacial score (nSPS) is 10.9. The Kier molecular flexibility index (Phi) is 6.76. The van der Waals surface area contributed by atoms with Crippen LogP contribution in [0.15, 0.2) is 64.5 Å². The molecule has 6 nitrogen and oxygen atoms in total. The zero-order valence-electron chi connectivity index (χ0n) is 18.1. The maximum Gasteiger partial charge on any atom is 0.267 e. The highest BCUT2D eigenvalue weighted by molar-refractivity contribution is 7.98. The summed E-state index contributed by atoms with van der Waals surface area (Å²) in [6, 6.07) is 14.9. The van der Waals surface area contributed by atoms with Gasteiger partial charge in [-0.25, -0.2) is 9.37 Å². The second-order valence-electron chi connectivity index (χ2n) is 6.94. The summed E-state index contributed by atoms with van der Waals surface area (Å²) < 4.78 is 32.4. The minimum absolute atomic E-state index is 0.101. The predicted octanol–water partition coefficient (Wildman–Crippen LogP) is 5.50. The lowest BCUT2D eigenvalue weighted by Gasteiger charge is -2.17. The summed E-state index contributed by atoms with van der Waals surface area (Å²) >= 11 is 7.28. The van der Waals surface area contributed by atoms with Crippen molar-refractivity contribution < 1.29 is 18.6 Å². The first-order valence-electron chi connectivity index (χ1n) is 9.86. The summed E-state index contributed by atoms with van der Waals surface area (Å²) in [5.41, 5.74) is 0.914. The van der Waals surface area contributed by atoms with Crippen LogP contribution in [0.2, 0.25) is 5.02 Å². The van der Waals surface area contributed by atoms with Crippen LogP contribution < -0.4 is 19.8 Å². The van der Waals surface area contributed by atoms with Crippen LogP contribution in [0.25, 0.3) is 16.6 Å². The van der Waals surface area contributed by atoms with Gasteiger partial charge in [0.1, 0.15) is 11.3 Å². The molecule has 0 aliphatic heterocycles. The number of aromatic nitrogens is 2. The quantitative estimate of drug-likeness (QED) is 0.254. The van der Waals surface area contributed by atoms with Crippen molar-refractivity contribution >= 4 is 34.3 Å². The number of halogens is 2. The molecule has 0 unspecified atom stereocenters. The Morgan fingerprint density at radius 1 is 1.00 bits per heavy atom. The van der Waals surface area contributed by atoms with Gasteiger partial charge < -0.3 is 14.2 Å². The van der Waals surface area contributed by atoms with Crippen molar-refractivity contribution in [2.45, 2.75) is 10.9 Å². The molecule has 0 spiro atoms. The number of rotatable bonds is 7. The minimum atomic E-state index is -0.540. The van der Waals surface area contributed by atoms with Crippen LogP contribution in [0, 0.1) is 5.82 Å². The van der Waals surface area contributed by atoms with Crippen LogP contribution in [0.5, 0.6) is 17.2 Å². The average Bonchev–Trinajstić information content (AvgIpc) is 2.83. The van der Waals surface area contributed by atoms with Crippen LogP contribution in [-0.2, 0) is 5.75 Å². The van der Waals surface area contributed by atoms with Crippen molar-refractivity contribution in [1.29, 1.82) is 0 Å². The first kappa shape index (κ1) is 22.9. The molecule has 9 heteroatoms. The number of thioether (sulfide) groups is 1. The molecule has 0 bridgehead atoms. The molecule has 0 amide bonds. The number of nitrogens with zero attached hydrogens (tertiary/aromatic N) is 2. The lowest BCUT2D eigenvalue weighted by molar-refractivity contribution is 0.326. The van der Waals surface area contributed by atoms with E-state index in [0.29, 0.717) is 32.9 Å². The Labute approximate surface area is 198 Å². The van der Waals surface area contributed by atoms with Crippen LogP contribution in [0.3, 0.4) is 0 Å². The zero-order valence-corrected chi connectivity index (χ0v) is 19.7. The van der Waals surface area contributed by atoms with E-state index in [9.17, 15) is 9.18 Å². The van der Waals surface area contributed by atoms with Crippen LogP contribution in [0.1, 0.15) is 5.56 Å². The molecule has 3 aromatic carbocycles. The number of hydrogen-bond donors (Lipinski definition) is 0. The summed E-state index contributed by atoms with van der Waals surface area (Å²) in [6.45, 7) is 0. The molecule has 4 aromatic rings. The van der Waals surface area contributed by atoms with Crippen molar-refractivity contribution in [1.82, 2.24) is 9.55 Å². The lowest BCUT2D eigenvalue weighted by Crippen LogP contribution is -2.23. The zero-order chi connectivity index (χ0) is 23.5. The monoisotopic (exact) mass is 486 g/mol. The van der Waals surface area contributed by atoms with Crippen molar-refractivity contribution in [3.8, 4) is 22.9 Å². The summed E-state index contributed by atoms with van der Waals surface area (Å²) in [6.07, 6.45) is 0. The molecule has 0 aliphatic rings. The number of para-hydroxylation sites is 1. The predicted molar refractivity (Wildman–Crippen MR) is 128 cm³/mol. The van der Waals surface area contributed by atoms with E-state index in [4.69, 9.17) is 30.8 Å². The number of methoxy groups -OCH3 is 3. The molecule has 0 saturated heterocycles. The molecule has 33 heavy (non-hydrogen) atoms. The van der Waals surface area contributed by atoms with Crippen molar-refractivity contribution in [2.24, 2.45) is 0 Å². The van der Waals surface area contributed by atoms with Gasteiger partial charge in [-0.15, -0.1) is 0 Å². The number of fused-ring (bicyclic) bond motifs is 1. The molecular formula is C24H20ClFN2O4S. The first-order valence-corrected chi connectivity index (χ1v) is 11.2. The highest BCUT2D eigenvalue weighted by Crippen LogP contribution is 2.42. The van der Waals surface area contributed by atoms with E-state index in [1.165, 1.54) is 55.9 Å². The van der Waals surface area contributed by atoms with Gasteiger partial charge in [-0.2, -0.15) is 0 Å². The molecule has 0 atom stereocenters. The second-order valence-corrected chi connectivity index (χ2v) is 8.32. The Hall–Kier alpha value is -3.23. The van der Waals surface area contributed by atoms with E-state index in [0.717, 1.165) is 5.56 Å². The molecule has 1 aromatic heterocycles. The first-order chi connectivity index (χ1) is 16.0. The van der Waals surface area contributed by atoms with Gasteiger partial charge in [0, 0.05) is 10.8 Å². The summed E-state index contributed by atoms with van der Waals surface area (Å²) in [5, 5.41) is 1.14. The number of benzene rings is 3. The van der Waals surface area contributed by atoms with Crippen LogP contribution >= 0.6 is 23.4 Å². The summed E-state index contributed by atoms with van der Waals surface area (Å²) in [5.74, 6) is 0.831. The van der Waals surface area contributed by atoms with Gasteiger partial charge in [0.15, 0.2) is 16.7 Å². The molecular weight excluding hydrogens is 467 g/mol. The topological polar surface area (TPSA) is 62.6 Å². The van der Waals surface area contributed by atoms with E-state index in [1.807, 2.05) is 12.1 Å². The van der Waals surface area contributed by atoms with Crippen molar-refractivity contribution in [3.63, 3.8) is 0 Å². The number of ether oxygens (including phenoxy) is 3. The molecule has 1 heterocycles. The fraction of sp³-hybridized carbons (Fsp3) is 0.167. The van der Waals surface area contributed by atoms with E-state index in [-0.39, 0.29) is 16.8 Å². The molecule has 0 N–H and O–H groups in total. The molecule has 170 valence electrons. The van der Waals surface area contributed by atoms with E-state index < -0.39 is 11.4 Å². The Bertz CT molecular complexity index is 1380. The Morgan fingerprint density at radius 3 is 2.33 bits per heavy atom. The third kappa shape index (κ3) is 4.36. The highest BCUT2D eigenvalue weighted by Gasteiger charge is 2.23. The fourth-order valence-corrected chi connectivity index (χ4v) is 4.52. The van der Waals surface area contributed by atoms with Gasteiger partial charge in [-0.3, -0.25) is 9.36 Å². The second kappa shape index (κ2) is 9.72.